The third kappa shape index (κ3) is 24.0. The number of carbonyl (C=O) groups excluding carboxylic acids is 11. The number of nitrogens with one attached hydrogen (secondary N) is 10. The van der Waals surface area contributed by atoms with Crippen LogP contribution < -0.4 is 87.6 Å². The molecule has 0 saturated heterocycles. The monoisotopic (exact) mass is 1220 g/mol. The number of primary amides is 1. The lowest BCUT2D eigenvalue weighted by Gasteiger charge is -2.28. The predicted molar refractivity (Wildman–Crippen MR) is 320 cm³/mol. The third-order valence-corrected chi connectivity index (χ3v) is 13.5. The molecule has 2 aromatic carbocycles. The lowest BCUT2D eigenvalue weighted by molar-refractivity contribution is -0.136. The average molecular weight is 1220 g/mol. The van der Waals surface area contributed by atoms with Crippen LogP contribution in [0.2, 0.25) is 0 Å². The van der Waals surface area contributed by atoms with E-state index in [-0.39, 0.29) is 76.2 Å². The molecular formula is C57H87N17O13. The van der Waals surface area contributed by atoms with Crippen LogP contribution in [0, 0.1) is 5.92 Å². The summed E-state index contributed by atoms with van der Waals surface area (Å²) in [4.78, 5) is 154. The number of pyridine rings is 1. The van der Waals surface area contributed by atoms with Crippen LogP contribution in [0.1, 0.15) is 82.6 Å². The standard InChI is InChI=1S/C57H87N17O13/c1-30(2)26-42(54(84)69-38(17-22-59)50(80)68-40(19-24-61)52(82)73-45(32(4)75)47(63)77)70-55(85)43(27-34-12-8-6-9-13-34)71-51(81)37(16-21-58)66-48(78)31(3)65-56(86)44(29-62)72-57(87)46(33(5)76)74-53(83)39(18-23-60)67-49(79)36-20-25-64-41(28-36)35-14-10-7-11-15-35/h6-15,20,25,28,30-33,37-40,42-46,75-76H,16-19,21-24,26-27,29,58-62H2,1-5H3,(H2,63,77)(H,65,86)(H,66,78)(H,67,79)(H,68,80)(H,69,84)(H,70,85)(H,71,81)(H,72,87)(H,73,82)(H,74,83)/t31-,32+,33+,37-,38-,39-,40-,42-,43+,44-,45-,46-/m0/s1. The molecule has 11 amide bonds. The molecule has 0 radical (unpaired) electrons. The first-order chi connectivity index (χ1) is 41.3. The van der Waals surface area contributed by atoms with Crippen molar-refractivity contribution in [1.82, 2.24) is 58.2 Å². The fraction of sp³-hybridized carbons (Fsp3) is 0.509. The summed E-state index contributed by atoms with van der Waals surface area (Å²) in [5, 5.41) is 45.6. The van der Waals surface area contributed by atoms with Crippen LogP contribution in [0.15, 0.2) is 79.0 Å². The van der Waals surface area contributed by atoms with Gasteiger partial charge in [0.2, 0.25) is 59.1 Å². The van der Waals surface area contributed by atoms with Crippen LogP contribution in [0.5, 0.6) is 0 Å². The van der Waals surface area contributed by atoms with Crippen molar-refractivity contribution in [2.24, 2.45) is 40.3 Å². The smallest absolute Gasteiger partial charge is 0.252 e. The number of nitrogens with zero attached hydrogens (tertiary/aromatic N) is 1. The molecule has 87 heavy (non-hydrogen) atoms. The molecule has 0 aliphatic rings. The minimum absolute atomic E-state index is 0.0239. The van der Waals surface area contributed by atoms with Crippen LogP contribution in [-0.2, 0) is 54.4 Å². The average Bonchev–Trinajstić information content (AvgIpc) is 3.65. The molecule has 24 N–H and O–H groups in total. The van der Waals surface area contributed by atoms with Gasteiger partial charge in [0.1, 0.15) is 60.4 Å². The maximum atomic E-state index is 14.4. The first-order valence-corrected chi connectivity index (χ1v) is 28.5. The summed E-state index contributed by atoms with van der Waals surface area (Å²) in [6.07, 6.45) is -2.12. The Morgan fingerprint density at radius 1 is 0.448 bits per heavy atom. The first kappa shape index (κ1) is 72.7. The van der Waals surface area contributed by atoms with Crippen LogP contribution in [-0.4, -0.2) is 186 Å². The van der Waals surface area contributed by atoms with Gasteiger partial charge >= 0.3 is 0 Å². The van der Waals surface area contributed by atoms with Crippen LogP contribution in [0.3, 0.4) is 0 Å². The molecule has 0 unspecified atom stereocenters. The molecule has 12 atom stereocenters. The summed E-state index contributed by atoms with van der Waals surface area (Å²) in [5.41, 5.74) is 36.4. The number of carbonyl (C=O) groups is 11. The van der Waals surface area contributed by atoms with E-state index in [4.69, 9.17) is 34.4 Å². The van der Waals surface area contributed by atoms with E-state index in [1.165, 1.54) is 39.1 Å². The Balaban J connectivity index is 1.75. The second kappa shape index (κ2) is 37.1. The third-order valence-electron chi connectivity index (χ3n) is 13.5. The van der Waals surface area contributed by atoms with Crippen molar-refractivity contribution in [3.8, 4) is 11.3 Å². The zero-order chi connectivity index (χ0) is 64.9. The van der Waals surface area contributed by atoms with E-state index in [0.29, 0.717) is 11.3 Å². The Kier molecular flexibility index (Phi) is 31.0. The molecule has 1 aromatic heterocycles. The highest BCUT2D eigenvalue weighted by molar-refractivity contribution is 6.01. The molecular weight excluding hydrogens is 1130 g/mol. The number of benzene rings is 2. The summed E-state index contributed by atoms with van der Waals surface area (Å²) in [6.45, 7) is 6.25. The molecule has 30 nitrogen and oxygen atoms in total. The molecule has 0 fully saturated rings. The molecule has 0 aliphatic heterocycles. The Hall–Kier alpha value is -8.52. The first-order valence-electron chi connectivity index (χ1n) is 28.5. The maximum absolute atomic E-state index is 14.4. The number of aliphatic hydroxyl groups excluding tert-OH is 2. The van der Waals surface area contributed by atoms with Gasteiger partial charge in [0.25, 0.3) is 5.91 Å². The SMILES string of the molecule is CC(C)C[C@H](NC(=O)[C@@H](Cc1ccccc1)NC(=O)[C@H](CCN)NC(=O)[C@H](C)NC(=O)[C@H](CN)NC(=O)[C@@H](NC(=O)[C@H](CCN)NC(=O)c1ccnc(-c2ccccc2)c1)[C@@H](C)O)C(=O)N[C@@H](CCN)C(=O)N[C@@H](CCN)C(=O)N[C@H](C(N)=O)[C@@H](C)O. The fourth-order valence-corrected chi connectivity index (χ4v) is 8.68. The number of hydrogen-bond acceptors (Lipinski definition) is 19. The van der Waals surface area contributed by atoms with Crippen LogP contribution in [0.4, 0.5) is 0 Å². The summed E-state index contributed by atoms with van der Waals surface area (Å²) in [5.74, 6) is -10.1. The Morgan fingerprint density at radius 2 is 0.851 bits per heavy atom. The van der Waals surface area contributed by atoms with E-state index >= 15 is 0 Å². The Bertz CT molecular complexity index is 2780. The summed E-state index contributed by atoms with van der Waals surface area (Å²) in [6, 6.07) is 6.26. The second-order valence-electron chi connectivity index (χ2n) is 21.1. The van der Waals surface area contributed by atoms with Crippen LogP contribution >= 0.6 is 0 Å². The van der Waals surface area contributed by atoms with Gasteiger partial charge < -0.3 is 97.8 Å². The molecule has 1 heterocycles. The van der Waals surface area contributed by atoms with E-state index in [1.807, 2.05) is 18.2 Å². The molecule has 30 heteroatoms. The van der Waals surface area contributed by atoms with Crippen molar-refractivity contribution >= 4 is 65.0 Å². The van der Waals surface area contributed by atoms with Crippen LogP contribution in [0.25, 0.3) is 11.3 Å². The molecule has 3 aromatic rings. The quantitative estimate of drug-likeness (QED) is 0.0256. The fourth-order valence-electron chi connectivity index (χ4n) is 8.68. The molecule has 0 aliphatic carbocycles. The highest BCUT2D eigenvalue weighted by atomic mass is 16.3. The number of rotatable bonds is 37. The van der Waals surface area contributed by atoms with Crippen molar-refractivity contribution < 1.29 is 63.0 Å². The summed E-state index contributed by atoms with van der Waals surface area (Å²) < 4.78 is 0. The van der Waals surface area contributed by atoms with Crippen molar-refractivity contribution in [2.75, 3.05) is 32.7 Å². The zero-order valence-corrected chi connectivity index (χ0v) is 49.6. The Morgan fingerprint density at radius 3 is 1.32 bits per heavy atom. The summed E-state index contributed by atoms with van der Waals surface area (Å²) >= 11 is 0. The number of amides is 11. The second-order valence-corrected chi connectivity index (χ2v) is 21.1. The van der Waals surface area contributed by atoms with E-state index in [2.05, 4.69) is 58.2 Å². The molecule has 0 bridgehead atoms. The van der Waals surface area contributed by atoms with E-state index in [9.17, 15) is 63.0 Å². The van der Waals surface area contributed by atoms with Gasteiger partial charge in [0.05, 0.1) is 17.9 Å². The normalized spacial score (nSPS) is 15.3. The number of aromatic nitrogens is 1. The van der Waals surface area contributed by atoms with Crippen molar-refractivity contribution in [3.05, 3.63) is 90.1 Å². The van der Waals surface area contributed by atoms with Gasteiger partial charge in [-0.1, -0.05) is 74.5 Å². The van der Waals surface area contributed by atoms with E-state index in [1.54, 1.807) is 56.3 Å². The number of hydrogen-bond donors (Lipinski definition) is 18. The van der Waals surface area contributed by atoms with Gasteiger partial charge in [0.15, 0.2) is 0 Å². The van der Waals surface area contributed by atoms with Gasteiger partial charge in [-0.15, -0.1) is 0 Å². The number of nitrogens with two attached hydrogens (primary N) is 6. The largest absolute Gasteiger partial charge is 0.391 e. The minimum Gasteiger partial charge on any atom is -0.391 e. The van der Waals surface area contributed by atoms with E-state index in [0.717, 1.165) is 5.56 Å². The van der Waals surface area contributed by atoms with E-state index < -0.39 is 144 Å². The van der Waals surface area contributed by atoms with Gasteiger partial charge in [-0.25, -0.2) is 0 Å². The number of aliphatic hydroxyl groups is 2. The topological polar surface area (TPSA) is 518 Å². The maximum Gasteiger partial charge on any atom is 0.252 e. The van der Waals surface area contributed by atoms with Gasteiger partial charge in [-0.3, -0.25) is 57.7 Å². The van der Waals surface area contributed by atoms with Crippen molar-refractivity contribution in [3.63, 3.8) is 0 Å². The van der Waals surface area contributed by atoms with Gasteiger partial charge in [0, 0.05) is 30.3 Å². The highest BCUT2D eigenvalue weighted by Crippen LogP contribution is 2.18. The zero-order valence-electron chi connectivity index (χ0n) is 49.6. The molecule has 0 spiro atoms. The van der Waals surface area contributed by atoms with Gasteiger partial charge in [-0.05, 0) is 103 Å². The lowest BCUT2D eigenvalue weighted by atomic mass is 10.00. The molecule has 0 saturated carbocycles. The molecule has 478 valence electrons. The van der Waals surface area contributed by atoms with Crippen molar-refractivity contribution in [2.45, 2.75) is 146 Å². The molecule has 3 rings (SSSR count). The minimum atomic E-state index is -1.69. The van der Waals surface area contributed by atoms with Gasteiger partial charge in [-0.2, -0.15) is 0 Å². The lowest BCUT2D eigenvalue weighted by Crippen LogP contribution is -2.62. The Labute approximate surface area is 504 Å². The highest BCUT2D eigenvalue weighted by Gasteiger charge is 2.36. The van der Waals surface area contributed by atoms with Crippen molar-refractivity contribution in [1.29, 1.82) is 0 Å². The summed E-state index contributed by atoms with van der Waals surface area (Å²) in [7, 11) is 0. The predicted octanol–water partition coefficient (Wildman–Crippen LogP) is -5.88.